The number of rotatable bonds is 10. The number of amides is 1. The lowest BCUT2D eigenvalue weighted by Crippen LogP contribution is -2.29. The van der Waals surface area contributed by atoms with Gasteiger partial charge in [-0.1, -0.05) is 34.6 Å². The van der Waals surface area contributed by atoms with Crippen LogP contribution in [-0.2, 0) is 19.3 Å². The lowest BCUT2D eigenvalue weighted by molar-refractivity contribution is -0.114. The molecule has 2 aromatic rings. The maximum Gasteiger partial charge on any atom is 0.273 e. The van der Waals surface area contributed by atoms with Crippen LogP contribution in [0.15, 0.2) is 64.4 Å². The second kappa shape index (κ2) is 12.6. The van der Waals surface area contributed by atoms with E-state index in [1.807, 2.05) is 37.3 Å². The number of carbonyl (C=O) groups excluding carboxylic acids is 1. The van der Waals surface area contributed by atoms with Gasteiger partial charge in [0.15, 0.2) is 11.5 Å². The number of likely N-dealkylation sites (N-methyl/N-ethyl adjacent to an activating group) is 1. The van der Waals surface area contributed by atoms with Crippen molar-refractivity contribution in [3.63, 3.8) is 0 Å². The Kier molecular flexibility index (Phi) is 9.25. The monoisotopic (exact) mass is 480 g/mol. The average Bonchev–Trinajstić information content (AvgIpc) is 3.40. The van der Waals surface area contributed by atoms with E-state index in [9.17, 15) is 4.79 Å². The minimum atomic E-state index is -0.419. The molecule has 9 nitrogen and oxygen atoms in total. The zero-order chi connectivity index (χ0) is 25.2. The Bertz CT molecular complexity index is 1100. The summed E-state index contributed by atoms with van der Waals surface area (Å²) < 4.78 is 6.08. The van der Waals surface area contributed by atoms with E-state index in [1.165, 1.54) is 34.1 Å². The number of oxime groups is 2. The first kappa shape index (κ1) is 25.8. The third-order valence-electron chi connectivity index (χ3n) is 5.78. The Morgan fingerprint density at radius 2 is 1.54 bits per heavy atom. The highest BCUT2D eigenvalue weighted by molar-refractivity contribution is 6.45. The normalized spacial score (nSPS) is 15.3. The van der Waals surface area contributed by atoms with E-state index in [-0.39, 0.29) is 11.8 Å². The third kappa shape index (κ3) is 6.19. The number of benzene rings is 2. The molecular formula is C26H32N4O5. The first-order chi connectivity index (χ1) is 17.0. The first-order valence-corrected chi connectivity index (χ1v) is 11.4. The van der Waals surface area contributed by atoms with Gasteiger partial charge in [-0.3, -0.25) is 4.79 Å². The van der Waals surface area contributed by atoms with Gasteiger partial charge in [0.05, 0.1) is 6.10 Å². The maximum absolute atomic E-state index is 12.5. The lowest BCUT2D eigenvalue weighted by atomic mass is 9.95. The van der Waals surface area contributed by atoms with Crippen LogP contribution in [0.3, 0.4) is 0 Å². The van der Waals surface area contributed by atoms with Crippen molar-refractivity contribution in [1.29, 1.82) is 0 Å². The van der Waals surface area contributed by atoms with Crippen LogP contribution in [0.4, 0.5) is 0 Å². The molecule has 0 aromatic heterocycles. The summed E-state index contributed by atoms with van der Waals surface area (Å²) in [6.45, 7) is 1.81. The minimum absolute atomic E-state index is 0.0756. The molecular weight excluding hydrogens is 448 g/mol. The van der Waals surface area contributed by atoms with Crippen molar-refractivity contribution in [1.82, 2.24) is 5.32 Å². The van der Waals surface area contributed by atoms with E-state index < -0.39 is 5.91 Å². The molecule has 1 fully saturated rings. The number of nitrogens with two attached hydrogens (primary N) is 1. The van der Waals surface area contributed by atoms with Crippen LogP contribution >= 0.6 is 0 Å². The van der Waals surface area contributed by atoms with E-state index in [0.717, 1.165) is 24.2 Å². The summed E-state index contributed by atoms with van der Waals surface area (Å²) in [5, 5.41) is 10.7. The predicted molar refractivity (Wildman–Crippen MR) is 135 cm³/mol. The van der Waals surface area contributed by atoms with E-state index >= 15 is 0 Å². The molecule has 0 aliphatic heterocycles. The minimum Gasteiger partial charge on any atom is -0.490 e. The Morgan fingerprint density at radius 1 is 0.943 bits per heavy atom. The molecule has 0 spiro atoms. The summed E-state index contributed by atoms with van der Waals surface area (Å²) in [7, 11) is 4.36. The summed E-state index contributed by atoms with van der Waals surface area (Å²) in [6, 6.07) is 14.7. The number of hydrogen-bond donors (Lipinski definition) is 2. The van der Waals surface area contributed by atoms with Gasteiger partial charge in [-0.15, -0.1) is 0 Å². The SMILES string of the molecule is CNC(=O)/C(=N/OC)c1ccccc1/C(ON)=C(C)/C(=N\OC)c1ccc(OC2CCCC2)cc1. The van der Waals surface area contributed by atoms with Gasteiger partial charge in [-0.25, -0.2) is 0 Å². The molecule has 0 heterocycles. The molecule has 3 rings (SSSR count). The van der Waals surface area contributed by atoms with E-state index in [1.54, 1.807) is 18.2 Å². The van der Waals surface area contributed by atoms with Gasteiger partial charge in [0.25, 0.3) is 5.91 Å². The van der Waals surface area contributed by atoms with E-state index in [4.69, 9.17) is 25.1 Å². The molecule has 2 aromatic carbocycles. The number of nitrogens with zero attached hydrogens (tertiary/aromatic N) is 2. The number of ether oxygens (including phenoxy) is 1. The van der Waals surface area contributed by atoms with Gasteiger partial charge >= 0.3 is 0 Å². The summed E-state index contributed by atoms with van der Waals surface area (Å²) >= 11 is 0. The highest BCUT2D eigenvalue weighted by atomic mass is 16.6. The molecule has 1 saturated carbocycles. The molecule has 1 aliphatic rings. The smallest absolute Gasteiger partial charge is 0.273 e. The van der Waals surface area contributed by atoms with Crippen molar-refractivity contribution in [2.45, 2.75) is 38.7 Å². The highest BCUT2D eigenvalue weighted by Crippen LogP contribution is 2.28. The van der Waals surface area contributed by atoms with Crippen molar-refractivity contribution in [3.05, 3.63) is 70.8 Å². The zero-order valence-electron chi connectivity index (χ0n) is 20.5. The van der Waals surface area contributed by atoms with Gasteiger partial charge in [0.1, 0.15) is 25.7 Å². The topological polar surface area (TPSA) is 117 Å². The van der Waals surface area contributed by atoms with Gasteiger partial charge in [-0.2, -0.15) is 5.90 Å². The van der Waals surface area contributed by atoms with Crippen molar-refractivity contribution in [2.24, 2.45) is 16.2 Å². The molecule has 35 heavy (non-hydrogen) atoms. The van der Waals surface area contributed by atoms with Crippen molar-refractivity contribution < 1.29 is 24.0 Å². The summed E-state index contributed by atoms with van der Waals surface area (Å²) in [5.74, 6) is 6.43. The first-order valence-electron chi connectivity index (χ1n) is 11.4. The highest BCUT2D eigenvalue weighted by Gasteiger charge is 2.23. The molecule has 1 aliphatic carbocycles. The fourth-order valence-electron chi connectivity index (χ4n) is 4.09. The predicted octanol–water partition coefficient (Wildman–Crippen LogP) is 3.78. The van der Waals surface area contributed by atoms with Crippen LogP contribution in [0.1, 0.15) is 49.3 Å². The quantitative estimate of drug-likeness (QED) is 0.304. The molecule has 0 unspecified atom stereocenters. The average molecular weight is 481 g/mol. The molecule has 9 heteroatoms. The maximum atomic E-state index is 12.5. The molecule has 0 radical (unpaired) electrons. The largest absolute Gasteiger partial charge is 0.490 e. The van der Waals surface area contributed by atoms with Crippen LogP contribution in [0.2, 0.25) is 0 Å². The van der Waals surface area contributed by atoms with Crippen LogP contribution in [0.5, 0.6) is 5.75 Å². The molecule has 1 amide bonds. The summed E-state index contributed by atoms with van der Waals surface area (Å²) in [5.41, 5.74) is 2.99. The number of hydrogen-bond acceptors (Lipinski definition) is 8. The fraction of sp³-hybridized carbons (Fsp3) is 0.346. The second-order valence-electron chi connectivity index (χ2n) is 7.99. The fourth-order valence-corrected chi connectivity index (χ4v) is 4.09. The number of allylic oxidation sites excluding steroid dienone is 1. The van der Waals surface area contributed by atoms with Crippen LogP contribution < -0.4 is 16.0 Å². The van der Waals surface area contributed by atoms with Crippen molar-refractivity contribution >= 4 is 23.1 Å². The Morgan fingerprint density at radius 3 is 2.11 bits per heavy atom. The van der Waals surface area contributed by atoms with E-state index in [2.05, 4.69) is 15.6 Å². The van der Waals surface area contributed by atoms with Gasteiger partial charge in [0.2, 0.25) is 0 Å². The second-order valence-corrected chi connectivity index (χ2v) is 7.99. The van der Waals surface area contributed by atoms with Gasteiger partial charge < -0.3 is 24.6 Å². The lowest BCUT2D eigenvalue weighted by Gasteiger charge is -2.17. The van der Waals surface area contributed by atoms with Crippen LogP contribution in [0.25, 0.3) is 5.76 Å². The number of carbonyl (C=O) groups is 1. The Hall–Kier alpha value is -3.85. The van der Waals surface area contributed by atoms with E-state index in [0.29, 0.717) is 28.2 Å². The molecule has 0 bridgehead atoms. The third-order valence-corrected chi connectivity index (χ3v) is 5.78. The zero-order valence-corrected chi connectivity index (χ0v) is 20.5. The molecule has 0 atom stereocenters. The standard InChI is InChI=1S/C26H32N4O5/c1-17(23(29-32-3)18-13-15-20(16-14-18)34-19-9-5-6-10-19)25(35-27)22-12-8-7-11-21(22)24(30-33-4)26(31)28-2/h7-8,11-16,19H,5-6,9-10,27H2,1-4H3,(H,28,31)/b25-17-,29-23+,30-24+. The van der Waals surface area contributed by atoms with Gasteiger partial charge in [-0.05, 0) is 56.9 Å². The summed E-state index contributed by atoms with van der Waals surface area (Å²) in [4.78, 5) is 27.9. The molecule has 3 N–H and O–H groups in total. The number of nitrogens with one attached hydrogen (secondary N) is 1. The summed E-state index contributed by atoms with van der Waals surface area (Å²) in [6.07, 6.45) is 4.85. The van der Waals surface area contributed by atoms with Crippen LogP contribution in [0, 0.1) is 0 Å². The molecule has 186 valence electrons. The molecule has 0 saturated heterocycles. The van der Waals surface area contributed by atoms with Crippen molar-refractivity contribution in [3.8, 4) is 5.75 Å². The van der Waals surface area contributed by atoms with Gasteiger partial charge in [0, 0.05) is 29.3 Å². The van der Waals surface area contributed by atoms with Crippen molar-refractivity contribution in [2.75, 3.05) is 21.3 Å². The Balaban J connectivity index is 2.03. The van der Waals surface area contributed by atoms with Crippen LogP contribution in [-0.4, -0.2) is 44.7 Å². The Labute approximate surface area is 205 Å².